The molecule has 1 aromatic heterocycles. The number of rotatable bonds is 5. The van der Waals surface area contributed by atoms with Crippen molar-refractivity contribution in [2.45, 2.75) is 26.7 Å². The summed E-state index contributed by atoms with van der Waals surface area (Å²) in [7, 11) is 0. The van der Waals surface area contributed by atoms with E-state index in [1.165, 1.54) is 12.8 Å². The number of nitrogens with one attached hydrogen (secondary N) is 2. The van der Waals surface area contributed by atoms with Crippen LogP contribution in [0, 0.1) is 5.41 Å². The van der Waals surface area contributed by atoms with Gasteiger partial charge in [-0.05, 0) is 43.9 Å². The number of pyridine rings is 1. The summed E-state index contributed by atoms with van der Waals surface area (Å²) in [6.07, 6.45) is 4.30. The van der Waals surface area contributed by atoms with Crippen LogP contribution in [0.15, 0.2) is 18.3 Å². The van der Waals surface area contributed by atoms with Crippen LogP contribution in [-0.4, -0.2) is 31.2 Å². The second kappa shape index (κ2) is 6.05. The van der Waals surface area contributed by atoms with E-state index in [4.69, 9.17) is 4.74 Å². The molecule has 1 aliphatic heterocycles. The average molecular weight is 249 g/mol. The third kappa shape index (κ3) is 3.35. The van der Waals surface area contributed by atoms with Gasteiger partial charge in [0, 0.05) is 19.3 Å². The molecule has 1 aliphatic rings. The van der Waals surface area contributed by atoms with Crippen LogP contribution in [0.3, 0.4) is 0 Å². The van der Waals surface area contributed by atoms with Gasteiger partial charge in [-0.3, -0.25) is 0 Å². The third-order valence-corrected chi connectivity index (χ3v) is 3.44. The van der Waals surface area contributed by atoms with Gasteiger partial charge in [0.2, 0.25) is 0 Å². The van der Waals surface area contributed by atoms with Crippen molar-refractivity contribution in [1.82, 2.24) is 10.3 Å². The molecule has 1 aromatic rings. The molecular weight excluding hydrogens is 226 g/mol. The van der Waals surface area contributed by atoms with Crippen LogP contribution in [0.1, 0.15) is 26.7 Å². The molecule has 0 aliphatic carbocycles. The van der Waals surface area contributed by atoms with Crippen LogP contribution < -0.4 is 15.4 Å². The summed E-state index contributed by atoms with van der Waals surface area (Å²) >= 11 is 0. The lowest BCUT2D eigenvalue weighted by Crippen LogP contribution is -2.42. The van der Waals surface area contributed by atoms with Crippen molar-refractivity contribution in [3.05, 3.63) is 18.3 Å². The van der Waals surface area contributed by atoms with Crippen LogP contribution in [0.4, 0.5) is 5.82 Å². The van der Waals surface area contributed by atoms with E-state index >= 15 is 0 Å². The molecule has 4 heteroatoms. The smallest absolute Gasteiger partial charge is 0.168 e. The minimum Gasteiger partial charge on any atom is -0.490 e. The first kappa shape index (κ1) is 13.1. The SMILES string of the molecule is CCOc1cccnc1NCC1(C)CCCNC1. The van der Waals surface area contributed by atoms with Gasteiger partial charge in [-0.1, -0.05) is 6.92 Å². The maximum absolute atomic E-state index is 5.57. The summed E-state index contributed by atoms with van der Waals surface area (Å²) < 4.78 is 5.57. The highest BCUT2D eigenvalue weighted by Gasteiger charge is 2.26. The summed E-state index contributed by atoms with van der Waals surface area (Å²) in [6, 6.07) is 3.86. The van der Waals surface area contributed by atoms with Gasteiger partial charge in [0.15, 0.2) is 11.6 Å². The number of hydrogen-bond donors (Lipinski definition) is 2. The normalized spacial score (nSPS) is 23.7. The minimum absolute atomic E-state index is 0.305. The summed E-state index contributed by atoms with van der Waals surface area (Å²) in [5, 5.41) is 6.89. The first-order valence-electron chi connectivity index (χ1n) is 6.76. The quantitative estimate of drug-likeness (QED) is 0.840. The molecular formula is C14H23N3O. The fourth-order valence-electron chi connectivity index (χ4n) is 2.36. The van der Waals surface area contributed by atoms with E-state index in [-0.39, 0.29) is 0 Å². The van der Waals surface area contributed by atoms with E-state index in [0.717, 1.165) is 31.2 Å². The minimum atomic E-state index is 0.305. The number of hydrogen-bond acceptors (Lipinski definition) is 4. The van der Waals surface area contributed by atoms with E-state index in [9.17, 15) is 0 Å². The molecule has 0 amide bonds. The zero-order valence-electron chi connectivity index (χ0n) is 11.3. The van der Waals surface area contributed by atoms with Crippen molar-refractivity contribution in [3.8, 4) is 5.75 Å². The molecule has 0 saturated carbocycles. The van der Waals surface area contributed by atoms with E-state index in [1.807, 2.05) is 19.1 Å². The monoisotopic (exact) mass is 249 g/mol. The highest BCUT2D eigenvalue weighted by Crippen LogP contribution is 2.27. The van der Waals surface area contributed by atoms with E-state index in [2.05, 4.69) is 22.5 Å². The van der Waals surface area contributed by atoms with Crippen molar-refractivity contribution in [1.29, 1.82) is 0 Å². The topological polar surface area (TPSA) is 46.2 Å². The zero-order valence-corrected chi connectivity index (χ0v) is 11.3. The van der Waals surface area contributed by atoms with E-state index < -0.39 is 0 Å². The number of ether oxygens (including phenoxy) is 1. The lowest BCUT2D eigenvalue weighted by molar-refractivity contribution is 0.253. The lowest BCUT2D eigenvalue weighted by atomic mass is 9.83. The number of anilines is 1. The van der Waals surface area contributed by atoms with Crippen LogP contribution in [0.25, 0.3) is 0 Å². The van der Waals surface area contributed by atoms with Gasteiger partial charge in [0.05, 0.1) is 6.61 Å². The highest BCUT2D eigenvalue weighted by molar-refractivity contribution is 5.49. The molecule has 1 fully saturated rings. The Morgan fingerprint density at radius 1 is 1.56 bits per heavy atom. The van der Waals surface area contributed by atoms with Gasteiger partial charge < -0.3 is 15.4 Å². The molecule has 0 bridgehead atoms. The van der Waals surface area contributed by atoms with Crippen molar-refractivity contribution in [2.24, 2.45) is 5.41 Å². The van der Waals surface area contributed by atoms with Crippen LogP contribution in [0.5, 0.6) is 5.75 Å². The van der Waals surface area contributed by atoms with Gasteiger partial charge in [-0.2, -0.15) is 0 Å². The Hall–Kier alpha value is -1.29. The number of nitrogens with zero attached hydrogens (tertiary/aromatic N) is 1. The van der Waals surface area contributed by atoms with Gasteiger partial charge in [0.25, 0.3) is 0 Å². The molecule has 1 saturated heterocycles. The third-order valence-electron chi connectivity index (χ3n) is 3.44. The predicted molar refractivity (Wildman–Crippen MR) is 74.1 cm³/mol. The molecule has 0 spiro atoms. The molecule has 0 radical (unpaired) electrons. The largest absolute Gasteiger partial charge is 0.490 e. The standard InChI is InChI=1S/C14H23N3O/c1-3-18-12-6-4-9-16-13(12)17-11-14(2)7-5-8-15-10-14/h4,6,9,15H,3,5,7-8,10-11H2,1-2H3,(H,16,17). The van der Waals surface area contributed by atoms with Crippen LogP contribution in [-0.2, 0) is 0 Å². The van der Waals surface area contributed by atoms with Crippen LogP contribution >= 0.6 is 0 Å². The maximum Gasteiger partial charge on any atom is 0.168 e. The first-order chi connectivity index (χ1) is 8.73. The summed E-state index contributed by atoms with van der Waals surface area (Å²) in [5.41, 5.74) is 0.305. The summed E-state index contributed by atoms with van der Waals surface area (Å²) in [4.78, 5) is 4.36. The molecule has 1 atom stereocenters. The zero-order chi connectivity index (χ0) is 12.8. The molecule has 100 valence electrons. The molecule has 2 rings (SSSR count). The van der Waals surface area contributed by atoms with E-state index in [0.29, 0.717) is 12.0 Å². The molecule has 0 aromatic carbocycles. The molecule has 2 N–H and O–H groups in total. The fraction of sp³-hybridized carbons (Fsp3) is 0.643. The predicted octanol–water partition coefficient (Wildman–Crippen LogP) is 2.28. The van der Waals surface area contributed by atoms with Crippen molar-refractivity contribution < 1.29 is 4.74 Å². The Kier molecular flexibility index (Phi) is 4.42. The molecule has 2 heterocycles. The second-order valence-corrected chi connectivity index (χ2v) is 5.23. The fourth-order valence-corrected chi connectivity index (χ4v) is 2.36. The van der Waals surface area contributed by atoms with Crippen LogP contribution in [0.2, 0.25) is 0 Å². The number of aromatic nitrogens is 1. The van der Waals surface area contributed by atoms with E-state index in [1.54, 1.807) is 6.20 Å². The Balaban J connectivity index is 1.96. The van der Waals surface area contributed by atoms with Crippen molar-refractivity contribution in [2.75, 3.05) is 31.6 Å². The molecule has 4 nitrogen and oxygen atoms in total. The maximum atomic E-state index is 5.57. The summed E-state index contributed by atoms with van der Waals surface area (Å²) in [6.45, 7) is 8.11. The lowest BCUT2D eigenvalue weighted by Gasteiger charge is -2.34. The van der Waals surface area contributed by atoms with Gasteiger partial charge in [0.1, 0.15) is 0 Å². The van der Waals surface area contributed by atoms with Gasteiger partial charge in [-0.15, -0.1) is 0 Å². The van der Waals surface area contributed by atoms with Crippen molar-refractivity contribution in [3.63, 3.8) is 0 Å². The first-order valence-corrected chi connectivity index (χ1v) is 6.76. The summed E-state index contributed by atoms with van der Waals surface area (Å²) in [5.74, 6) is 1.69. The Labute approximate surface area is 109 Å². The highest BCUT2D eigenvalue weighted by atomic mass is 16.5. The Bertz CT molecular complexity index is 375. The van der Waals surface area contributed by atoms with Gasteiger partial charge >= 0.3 is 0 Å². The molecule has 1 unspecified atom stereocenters. The number of piperidine rings is 1. The van der Waals surface area contributed by atoms with Gasteiger partial charge in [-0.25, -0.2) is 4.98 Å². The molecule has 18 heavy (non-hydrogen) atoms. The Morgan fingerprint density at radius 3 is 3.17 bits per heavy atom. The Morgan fingerprint density at radius 2 is 2.44 bits per heavy atom. The van der Waals surface area contributed by atoms with Crippen molar-refractivity contribution >= 4 is 5.82 Å². The second-order valence-electron chi connectivity index (χ2n) is 5.23. The average Bonchev–Trinajstić information content (AvgIpc) is 2.39.